The first kappa shape index (κ1) is 12.4. The Labute approximate surface area is 115 Å². The average molecular weight is 266 g/mol. The molecular weight excluding hydrogens is 258 g/mol. The van der Waals surface area contributed by atoms with Crippen molar-refractivity contribution in [1.29, 1.82) is 0 Å². The number of aromatic hydroxyl groups is 1. The van der Waals surface area contributed by atoms with Gasteiger partial charge in [-0.25, -0.2) is 4.39 Å². The van der Waals surface area contributed by atoms with Gasteiger partial charge in [-0.2, -0.15) is 4.98 Å². The van der Waals surface area contributed by atoms with Crippen LogP contribution in [0, 0.1) is 5.82 Å². The molecule has 20 heavy (non-hydrogen) atoms. The number of aromatic nitrogens is 2. The summed E-state index contributed by atoms with van der Waals surface area (Å²) in [7, 11) is 5.66. The molecule has 3 rings (SSSR count). The Morgan fingerprint density at radius 3 is 2.60 bits per heavy atom. The zero-order valence-electron chi connectivity index (χ0n) is 10.2. The first-order valence-corrected chi connectivity index (χ1v) is 5.82. The summed E-state index contributed by atoms with van der Waals surface area (Å²) in [6.07, 6.45) is 0. The van der Waals surface area contributed by atoms with Crippen molar-refractivity contribution in [3.8, 4) is 28.6 Å². The highest BCUT2D eigenvalue weighted by Gasteiger charge is 2.14. The number of hydrogen-bond acceptors (Lipinski definition) is 4. The first-order chi connectivity index (χ1) is 9.63. The van der Waals surface area contributed by atoms with Crippen molar-refractivity contribution in [2.45, 2.75) is 0 Å². The van der Waals surface area contributed by atoms with E-state index in [1.807, 2.05) is 0 Å². The van der Waals surface area contributed by atoms with Crippen LogP contribution in [0.15, 0.2) is 47.0 Å². The normalized spacial score (nSPS) is 10.7. The number of phenolic OH excluding ortho intramolecular Hbond substituents is 1. The molecule has 1 N–H and O–H groups in total. The molecule has 4 nitrogen and oxygen atoms in total. The molecule has 0 saturated carbocycles. The lowest BCUT2D eigenvalue weighted by Crippen LogP contribution is -2.00. The van der Waals surface area contributed by atoms with Crippen LogP contribution < -0.4 is 5.46 Å². The summed E-state index contributed by atoms with van der Waals surface area (Å²) < 4.78 is 18.0. The van der Waals surface area contributed by atoms with Gasteiger partial charge in [0.15, 0.2) is 0 Å². The van der Waals surface area contributed by atoms with E-state index in [2.05, 4.69) is 10.1 Å². The molecule has 1 aromatic heterocycles. The molecule has 0 aliphatic rings. The van der Waals surface area contributed by atoms with E-state index in [-0.39, 0.29) is 17.5 Å². The van der Waals surface area contributed by atoms with Gasteiger partial charge in [0.25, 0.3) is 5.89 Å². The molecule has 0 unspecified atom stereocenters. The van der Waals surface area contributed by atoms with Gasteiger partial charge in [0.1, 0.15) is 19.4 Å². The summed E-state index contributed by atoms with van der Waals surface area (Å²) in [5.41, 5.74) is 1.44. The van der Waals surface area contributed by atoms with Crippen LogP contribution in [0.2, 0.25) is 0 Å². The van der Waals surface area contributed by atoms with Crippen molar-refractivity contribution >= 4 is 13.3 Å². The molecule has 2 aromatic carbocycles. The predicted octanol–water partition coefficient (Wildman–Crippen LogP) is 2.04. The number of benzene rings is 2. The average Bonchev–Trinajstić information content (AvgIpc) is 2.92. The Hall–Kier alpha value is -2.63. The lowest BCUT2D eigenvalue weighted by atomic mass is 9.94. The Morgan fingerprint density at radius 1 is 1.10 bits per heavy atom. The summed E-state index contributed by atoms with van der Waals surface area (Å²) in [6, 6.07) is 10.3. The van der Waals surface area contributed by atoms with E-state index < -0.39 is 0 Å². The van der Waals surface area contributed by atoms with E-state index in [1.165, 1.54) is 24.3 Å². The fraction of sp³-hybridized carbons (Fsp3) is 0. The second kappa shape index (κ2) is 4.81. The van der Waals surface area contributed by atoms with Gasteiger partial charge in [0, 0.05) is 5.56 Å². The van der Waals surface area contributed by atoms with Gasteiger partial charge in [-0.15, -0.1) is 0 Å². The lowest BCUT2D eigenvalue weighted by molar-refractivity contribution is 0.426. The summed E-state index contributed by atoms with van der Waals surface area (Å²) in [5.74, 6) is 0.107. The van der Waals surface area contributed by atoms with E-state index in [0.717, 1.165) is 0 Å². The molecule has 6 heteroatoms. The summed E-state index contributed by atoms with van der Waals surface area (Å²) in [5, 5.41) is 13.6. The quantitative estimate of drug-likeness (QED) is 0.721. The Kier molecular flexibility index (Phi) is 2.98. The fourth-order valence-electron chi connectivity index (χ4n) is 1.77. The van der Waals surface area contributed by atoms with Crippen molar-refractivity contribution < 1.29 is 14.0 Å². The predicted molar refractivity (Wildman–Crippen MR) is 72.2 cm³/mol. The maximum Gasteiger partial charge on any atom is 0.261 e. The molecule has 0 fully saturated rings. The van der Waals surface area contributed by atoms with Crippen LogP contribution >= 0.6 is 0 Å². The molecule has 0 aliphatic carbocycles. The Bertz CT molecular complexity index is 756. The molecular formula is C14H8BFN2O2. The van der Waals surface area contributed by atoms with E-state index in [4.69, 9.17) is 12.4 Å². The van der Waals surface area contributed by atoms with Gasteiger partial charge in [-0.1, -0.05) is 22.8 Å². The smallest absolute Gasteiger partial charge is 0.261 e. The standard InChI is InChI=1S/C14H8BFN2O2/c15-9-3-6-12(19)11(7-9)14-17-13(18-20-14)8-1-4-10(16)5-2-8/h1-7,19H. The monoisotopic (exact) mass is 266 g/mol. The van der Waals surface area contributed by atoms with Crippen LogP contribution in [-0.4, -0.2) is 23.1 Å². The zero-order valence-corrected chi connectivity index (χ0v) is 10.2. The fourth-order valence-corrected chi connectivity index (χ4v) is 1.77. The highest BCUT2D eigenvalue weighted by Crippen LogP contribution is 2.28. The van der Waals surface area contributed by atoms with E-state index >= 15 is 0 Å². The topological polar surface area (TPSA) is 59.2 Å². The summed E-state index contributed by atoms with van der Waals surface area (Å²) >= 11 is 0. The summed E-state index contributed by atoms with van der Waals surface area (Å²) in [6.45, 7) is 0. The SMILES string of the molecule is [B]c1ccc(O)c(-c2nc(-c3ccc(F)cc3)no2)c1. The molecule has 0 amide bonds. The number of rotatable bonds is 2. The van der Waals surface area contributed by atoms with Crippen molar-refractivity contribution in [3.63, 3.8) is 0 Å². The first-order valence-electron chi connectivity index (χ1n) is 5.82. The molecule has 3 aromatic rings. The van der Waals surface area contributed by atoms with Crippen molar-refractivity contribution in [2.24, 2.45) is 0 Å². The number of nitrogens with zero attached hydrogens (tertiary/aromatic N) is 2. The van der Waals surface area contributed by atoms with Crippen molar-refractivity contribution in [3.05, 3.63) is 48.3 Å². The second-order valence-corrected chi connectivity index (χ2v) is 4.21. The summed E-state index contributed by atoms with van der Waals surface area (Å²) in [4.78, 5) is 4.17. The van der Waals surface area contributed by atoms with Crippen LogP contribution in [-0.2, 0) is 0 Å². The minimum atomic E-state index is -0.342. The minimum Gasteiger partial charge on any atom is -0.507 e. The van der Waals surface area contributed by atoms with E-state index in [1.54, 1.807) is 18.2 Å². The maximum atomic E-state index is 12.9. The number of hydrogen-bond donors (Lipinski definition) is 1. The third-order valence-corrected chi connectivity index (χ3v) is 2.78. The van der Waals surface area contributed by atoms with Crippen molar-refractivity contribution in [2.75, 3.05) is 0 Å². The minimum absolute atomic E-state index is 0.00601. The molecule has 0 atom stereocenters. The molecule has 2 radical (unpaired) electrons. The van der Waals surface area contributed by atoms with Crippen LogP contribution in [0.1, 0.15) is 0 Å². The van der Waals surface area contributed by atoms with Gasteiger partial charge in [-0.3, -0.25) is 0 Å². The van der Waals surface area contributed by atoms with E-state index in [0.29, 0.717) is 22.4 Å². The Morgan fingerprint density at radius 2 is 1.85 bits per heavy atom. The molecule has 0 bridgehead atoms. The Balaban J connectivity index is 2.01. The highest BCUT2D eigenvalue weighted by molar-refractivity contribution is 6.32. The van der Waals surface area contributed by atoms with Gasteiger partial charge < -0.3 is 9.63 Å². The molecule has 1 heterocycles. The van der Waals surface area contributed by atoms with Crippen LogP contribution in [0.25, 0.3) is 22.8 Å². The molecule has 0 spiro atoms. The van der Waals surface area contributed by atoms with Gasteiger partial charge >= 0.3 is 0 Å². The highest BCUT2D eigenvalue weighted by atomic mass is 19.1. The number of halogens is 1. The van der Waals surface area contributed by atoms with Crippen LogP contribution in [0.3, 0.4) is 0 Å². The van der Waals surface area contributed by atoms with Gasteiger partial charge in [0.2, 0.25) is 5.82 Å². The van der Waals surface area contributed by atoms with Gasteiger partial charge in [0.05, 0.1) is 5.56 Å². The molecule has 0 saturated heterocycles. The zero-order chi connectivity index (χ0) is 14.1. The van der Waals surface area contributed by atoms with Gasteiger partial charge in [-0.05, 0) is 30.3 Å². The third kappa shape index (κ3) is 2.27. The molecule has 0 aliphatic heterocycles. The lowest BCUT2D eigenvalue weighted by Gasteiger charge is -2.00. The van der Waals surface area contributed by atoms with E-state index in [9.17, 15) is 9.50 Å². The van der Waals surface area contributed by atoms with Crippen molar-refractivity contribution in [1.82, 2.24) is 10.1 Å². The van der Waals surface area contributed by atoms with Crippen LogP contribution in [0.5, 0.6) is 5.75 Å². The maximum absolute atomic E-state index is 12.9. The second-order valence-electron chi connectivity index (χ2n) is 4.21. The molecule has 96 valence electrons. The largest absolute Gasteiger partial charge is 0.507 e. The number of phenols is 1. The third-order valence-electron chi connectivity index (χ3n) is 2.78. The van der Waals surface area contributed by atoms with Crippen LogP contribution in [0.4, 0.5) is 4.39 Å².